The number of hydrogen-bond donors (Lipinski definition) is 3. The number of nitrogen functional groups attached to an aromatic ring is 1. The zero-order valence-corrected chi connectivity index (χ0v) is 16.4. The molecule has 4 aromatic rings. The van der Waals surface area contributed by atoms with Crippen molar-refractivity contribution in [2.45, 2.75) is 6.54 Å². The third-order valence-electron chi connectivity index (χ3n) is 4.06. The molecular weight excluding hydrogens is 442 g/mol. The van der Waals surface area contributed by atoms with Crippen molar-refractivity contribution in [2.75, 3.05) is 5.73 Å². The predicted molar refractivity (Wildman–Crippen MR) is 109 cm³/mol. The SMILES string of the molecule is Nc1nonc1-c1nc2ccccc2n1CC(=O)N/N=C\c1cc(Br)ccc1O. The molecule has 2 heterocycles. The average molecular weight is 456 g/mol. The summed E-state index contributed by atoms with van der Waals surface area (Å²) in [6.45, 7) is -0.0933. The number of nitrogens with one attached hydrogen (secondary N) is 1. The van der Waals surface area contributed by atoms with E-state index in [0.717, 1.165) is 4.47 Å². The molecule has 0 aliphatic rings. The van der Waals surface area contributed by atoms with Crippen LogP contribution in [0.3, 0.4) is 0 Å². The molecule has 0 unspecified atom stereocenters. The van der Waals surface area contributed by atoms with E-state index < -0.39 is 5.91 Å². The minimum absolute atomic E-state index is 0.0445. The number of hydrazone groups is 1. The third-order valence-corrected chi connectivity index (χ3v) is 4.56. The number of imidazole rings is 1. The number of para-hydroxylation sites is 2. The fourth-order valence-corrected chi connectivity index (χ4v) is 3.13. The van der Waals surface area contributed by atoms with Gasteiger partial charge in [0.25, 0.3) is 5.91 Å². The summed E-state index contributed by atoms with van der Waals surface area (Å²) in [5.74, 6) is 0.0668. The molecule has 0 atom stereocenters. The summed E-state index contributed by atoms with van der Waals surface area (Å²) in [7, 11) is 0. The van der Waals surface area contributed by atoms with E-state index >= 15 is 0 Å². The summed E-state index contributed by atoms with van der Waals surface area (Å²) >= 11 is 3.31. The molecule has 0 saturated carbocycles. The summed E-state index contributed by atoms with van der Waals surface area (Å²) in [4.78, 5) is 16.9. The van der Waals surface area contributed by atoms with Gasteiger partial charge >= 0.3 is 0 Å². The number of aromatic nitrogens is 4. The molecule has 1 amide bonds. The number of phenols is 1. The Hall–Kier alpha value is -3.73. The highest BCUT2D eigenvalue weighted by Crippen LogP contribution is 2.26. The molecule has 4 rings (SSSR count). The Morgan fingerprint density at radius 3 is 2.93 bits per heavy atom. The second-order valence-corrected chi connectivity index (χ2v) is 6.92. The second-order valence-electron chi connectivity index (χ2n) is 6.00. The number of anilines is 1. The Balaban J connectivity index is 1.59. The summed E-state index contributed by atoms with van der Waals surface area (Å²) < 4.78 is 7.08. The van der Waals surface area contributed by atoms with Crippen molar-refractivity contribution in [1.82, 2.24) is 25.3 Å². The van der Waals surface area contributed by atoms with Crippen LogP contribution >= 0.6 is 15.9 Å². The fourth-order valence-electron chi connectivity index (χ4n) is 2.75. The first-order valence-corrected chi connectivity index (χ1v) is 9.16. The molecule has 146 valence electrons. The number of nitrogens with two attached hydrogens (primary N) is 1. The smallest absolute Gasteiger partial charge is 0.260 e. The van der Waals surface area contributed by atoms with E-state index in [9.17, 15) is 9.90 Å². The molecule has 0 aliphatic carbocycles. The Kier molecular flexibility index (Phi) is 4.96. The number of amides is 1. The molecular formula is C18H14BrN7O3. The van der Waals surface area contributed by atoms with Crippen molar-refractivity contribution in [2.24, 2.45) is 5.10 Å². The maximum Gasteiger partial charge on any atom is 0.260 e. The topological polar surface area (TPSA) is 144 Å². The molecule has 10 nitrogen and oxygen atoms in total. The Labute approximate surface area is 172 Å². The van der Waals surface area contributed by atoms with Crippen LogP contribution in [0, 0.1) is 0 Å². The van der Waals surface area contributed by atoms with E-state index in [1.165, 1.54) is 12.3 Å². The summed E-state index contributed by atoms with van der Waals surface area (Å²) in [5, 5.41) is 21.1. The van der Waals surface area contributed by atoms with Crippen molar-refractivity contribution in [1.29, 1.82) is 0 Å². The average Bonchev–Trinajstić information content (AvgIpc) is 3.28. The highest BCUT2D eigenvalue weighted by molar-refractivity contribution is 9.10. The van der Waals surface area contributed by atoms with E-state index in [2.05, 4.69) is 46.4 Å². The van der Waals surface area contributed by atoms with E-state index in [0.29, 0.717) is 22.4 Å². The molecule has 0 saturated heterocycles. The van der Waals surface area contributed by atoms with Crippen LogP contribution in [-0.4, -0.2) is 37.1 Å². The Morgan fingerprint density at radius 1 is 1.31 bits per heavy atom. The van der Waals surface area contributed by atoms with Crippen LogP contribution in [0.5, 0.6) is 5.75 Å². The first-order chi connectivity index (χ1) is 14.0. The van der Waals surface area contributed by atoms with E-state index in [4.69, 9.17) is 5.73 Å². The van der Waals surface area contributed by atoms with Gasteiger partial charge in [0.1, 0.15) is 12.3 Å². The maximum atomic E-state index is 12.5. The quantitative estimate of drug-likeness (QED) is 0.309. The van der Waals surface area contributed by atoms with Gasteiger partial charge in [-0.2, -0.15) is 5.10 Å². The van der Waals surface area contributed by atoms with Crippen LogP contribution in [-0.2, 0) is 11.3 Å². The number of hydrogen-bond acceptors (Lipinski definition) is 8. The maximum absolute atomic E-state index is 12.5. The predicted octanol–water partition coefficient (Wildman–Crippen LogP) is 2.29. The first kappa shape index (κ1) is 18.6. The highest BCUT2D eigenvalue weighted by atomic mass is 79.9. The minimum atomic E-state index is -0.407. The van der Waals surface area contributed by atoms with Gasteiger partial charge in [0.05, 0.1) is 17.2 Å². The Bertz CT molecular complexity index is 1230. The van der Waals surface area contributed by atoms with Gasteiger partial charge in [0.2, 0.25) is 0 Å². The van der Waals surface area contributed by atoms with Crippen LogP contribution in [0.4, 0.5) is 5.82 Å². The van der Waals surface area contributed by atoms with Gasteiger partial charge in [-0.3, -0.25) is 4.79 Å². The molecule has 11 heteroatoms. The van der Waals surface area contributed by atoms with Crippen molar-refractivity contribution in [3.05, 3.63) is 52.5 Å². The summed E-state index contributed by atoms with van der Waals surface area (Å²) in [5.41, 5.74) is 10.3. The minimum Gasteiger partial charge on any atom is -0.507 e. The number of carbonyl (C=O) groups excluding carboxylic acids is 1. The number of phenolic OH excluding ortho intramolecular Hbond substituents is 1. The molecule has 29 heavy (non-hydrogen) atoms. The lowest BCUT2D eigenvalue weighted by atomic mass is 10.2. The third kappa shape index (κ3) is 3.80. The number of halogens is 1. The number of fused-ring (bicyclic) bond motifs is 1. The second kappa shape index (κ2) is 7.72. The zero-order valence-electron chi connectivity index (χ0n) is 14.8. The molecule has 0 fully saturated rings. The van der Waals surface area contributed by atoms with E-state index in [1.54, 1.807) is 16.7 Å². The van der Waals surface area contributed by atoms with Crippen LogP contribution in [0.15, 0.2) is 56.7 Å². The molecule has 4 N–H and O–H groups in total. The Morgan fingerprint density at radius 2 is 2.14 bits per heavy atom. The number of benzene rings is 2. The molecule has 2 aromatic carbocycles. The zero-order chi connectivity index (χ0) is 20.4. The number of carbonyl (C=O) groups is 1. The molecule has 0 bridgehead atoms. The van der Waals surface area contributed by atoms with Gasteiger partial charge in [-0.1, -0.05) is 28.1 Å². The summed E-state index contributed by atoms with van der Waals surface area (Å²) in [6.07, 6.45) is 1.35. The summed E-state index contributed by atoms with van der Waals surface area (Å²) in [6, 6.07) is 12.2. The highest BCUT2D eigenvalue weighted by Gasteiger charge is 2.20. The van der Waals surface area contributed by atoms with Gasteiger partial charge in [-0.25, -0.2) is 15.0 Å². The van der Waals surface area contributed by atoms with Crippen LogP contribution in [0.1, 0.15) is 5.56 Å². The van der Waals surface area contributed by atoms with Gasteiger partial charge < -0.3 is 15.4 Å². The lowest BCUT2D eigenvalue weighted by molar-refractivity contribution is -0.121. The monoisotopic (exact) mass is 455 g/mol. The number of aromatic hydroxyl groups is 1. The van der Waals surface area contributed by atoms with Crippen LogP contribution in [0.25, 0.3) is 22.6 Å². The standard InChI is InChI=1S/C18H14BrN7O3/c19-11-5-6-14(27)10(7-11)8-21-23-15(28)9-26-13-4-2-1-3-12(13)22-18(26)16-17(20)25-29-24-16/h1-8,27H,9H2,(H2,20,25)(H,23,28)/b21-8-. The fraction of sp³-hybridized carbons (Fsp3) is 0.0556. The lowest BCUT2D eigenvalue weighted by Crippen LogP contribution is -2.23. The van der Waals surface area contributed by atoms with Gasteiger partial charge in [-0.15, -0.1) is 0 Å². The molecule has 2 aromatic heterocycles. The first-order valence-electron chi connectivity index (χ1n) is 8.37. The van der Waals surface area contributed by atoms with Gasteiger partial charge in [0.15, 0.2) is 17.3 Å². The van der Waals surface area contributed by atoms with Crippen molar-refractivity contribution in [3.63, 3.8) is 0 Å². The lowest BCUT2D eigenvalue weighted by Gasteiger charge is -2.06. The van der Waals surface area contributed by atoms with Crippen molar-refractivity contribution < 1.29 is 14.5 Å². The van der Waals surface area contributed by atoms with Crippen molar-refractivity contribution in [3.8, 4) is 17.3 Å². The molecule has 0 radical (unpaired) electrons. The van der Waals surface area contributed by atoms with Gasteiger partial charge in [-0.05, 0) is 40.6 Å². The largest absolute Gasteiger partial charge is 0.507 e. The van der Waals surface area contributed by atoms with Crippen molar-refractivity contribution >= 4 is 44.9 Å². The normalized spacial score (nSPS) is 11.3. The van der Waals surface area contributed by atoms with Crippen LogP contribution in [0.2, 0.25) is 0 Å². The number of rotatable bonds is 5. The molecule has 0 spiro atoms. The van der Waals surface area contributed by atoms with Gasteiger partial charge in [0, 0.05) is 10.0 Å². The van der Waals surface area contributed by atoms with Crippen LogP contribution < -0.4 is 11.2 Å². The van der Waals surface area contributed by atoms with E-state index in [1.807, 2.05) is 24.3 Å². The van der Waals surface area contributed by atoms with E-state index in [-0.39, 0.29) is 23.8 Å². The molecule has 0 aliphatic heterocycles. The number of nitrogens with zero attached hydrogens (tertiary/aromatic N) is 5.